The van der Waals surface area contributed by atoms with Crippen molar-refractivity contribution in [1.29, 1.82) is 0 Å². The van der Waals surface area contributed by atoms with Gasteiger partial charge in [-0.05, 0) is 31.0 Å². The molecule has 1 aliphatic rings. The van der Waals surface area contributed by atoms with Crippen LogP contribution in [0.25, 0.3) is 11.0 Å². The molecule has 2 heterocycles. The summed E-state index contributed by atoms with van der Waals surface area (Å²) in [7, 11) is -3.19. The zero-order valence-electron chi connectivity index (χ0n) is 11.6. The highest BCUT2D eigenvalue weighted by Gasteiger charge is 2.30. The van der Waals surface area contributed by atoms with Crippen LogP contribution in [0.15, 0.2) is 23.1 Å². The Hall–Kier alpha value is -1.40. The summed E-state index contributed by atoms with van der Waals surface area (Å²) in [5.41, 5.74) is 1.57. The van der Waals surface area contributed by atoms with Crippen molar-refractivity contribution in [3.05, 3.63) is 24.0 Å². The van der Waals surface area contributed by atoms with Crippen molar-refractivity contribution in [2.75, 3.05) is 12.9 Å². The van der Waals surface area contributed by atoms with Crippen LogP contribution in [0, 0.1) is 0 Å². The molecule has 1 aromatic carbocycles. The number of hydrogen-bond donors (Lipinski definition) is 1. The molecule has 0 aliphatic carbocycles. The highest BCUT2D eigenvalue weighted by Crippen LogP contribution is 2.32. The number of nitrogens with one attached hydrogen (secondary N) is 1. The lowest BCUT2D eigenvalue weighted by atomic mass is 9.99. The van der Waals surface area contributed by atoms with Crippen LogP contribution in [-0.2, 0) is 14.6 Å². The number of ether oxygens (including phenoxy) is 1. The second-order valence-electron chi connectivity index (χ2n) is 5.29. The molecule has 2 unspecified atom stereocenters. The normalized spacial score (nSPS) is 23.5. The predicted molar refractivity (Wildman–Crippen MR) is 76.6 cm³/mol. The molecule has 1 fully saturated rings. The average molecular weight is 294 g/mol. The second kappa shape index (κ2) is 4.86. The minimum absolute atomic E-state index is 0.199. The van der Waals surface area contributed by atoms with E-state index < -0.39 is 9.84 Å². The van der Waals surface area contributed by atoms with Crippen molar-refractivity contribution < 1.29 is 13.2 Å². The Balaban J connectivity index is 2.03. The Bertz CT molecular complexity index is 736. The van der Waals surface area contributed by atoms with Gasteiger partial charge in [-0.15, -0.1) is 0 Å². The van der Waals surface area contributed by atoms with Crippen molar-refractivity contribution >= 4 is 20.9 Å². The van der Waals surface area contributed by atoms with Gasteiger partial charge in [0.15, 0.2) is 9.84 Å². The first-order valence-electron chi connectivity index (χ1n) is 6.80. The highest BCUT2D eigenvalue weighted by molar-refractivity contribution is 7.90. The van der Waals surface area contributed by atoms with Gasteiger partial charge < -0.3 is 9.72 Å². The molecule has 108 valence electrons. The molecular formula is C14H18N2O3S. The monoisotopic (exact) mass is 294 g/mol. The average Bonchev–Trinajstić information content (AvgIpc) is 3.02. The third-order valence-electron chi connectivity index (χ3n) is 3.86. The van der Waals surface area contributed by atoms with E-state index in [0.717, 1.165) is 36.3 Å². The van der Waals surface area contributed by atoms with Gasteiger partial charge in [0.2, 0.25) is 0 Å². The molecule has 1 saturated heterocycles. The van der Waals surface area contributed by atoms with Crippen LogP contribution in [0.3, 0.4) is 0 Å². The lowest BCUT2D eigenvalue weighted by molar-refractivity contribution is 0.0996. The predicted octanol–water partition coefficient (Wildman–Crippen LogP) is 2.25. The van der Waals surface area contributed by atoms with Crippen LogP contribution in [0.5, 0.6) is 0 Å². The summed E-state index contributed by atoms with van der Waals surface area (Å²) in [4.78, 5) is 8.16. The molecule has 5 nitrogen and oxygen atoms in total. The summed E-state index contributed by atoms with van der Waals surface area (Å²) in [6, 6.07) is 5.01. The first-order chi connectivity index (χ1) is 9.49. The van der Waals surface area contributed by atoms with E-state index in [2.05, 4.69) is 16.9 Å². The van der Waals surface area contributed by atoms with Crippen molar-refractivity contribution in [2.45, 2.75) is 36.7 Å². The van der Waals surface area contributed by atoms with E-state index in [1.807, 2.05) is 0 Å². The lowest BCUT2D eigenvalue weighted by Gasteiger charge is -2.13. The molecule has 20 heavy (non-hydrogen) atoms. The van der Waals surface area contributed by atoms with Gasteiger partial charge >= 0.3 is 0 Å². The smallest absolute Gasteiger partial charge is 0.175 e. The van der Waals surface area contributed by atoms with E-state index >= 15 is 0 Å². The maximum absolute atomic E-state index is 11.6. The Morgan fingerprint density at radius 1 is 1.45 bits per heavy atom. The first kappa shape index (κ1) is 13.6. The summed E-state index contributed by atoms with van der Waals surface area (Å²) in [5, 5.41) is 0. The number of rotatable bonds is 3. The Labute approximate surface area is 118 Å². The molecule has 1 N–H and O–H groups in total. The van der Waals surface area contributed by atoms with Crippen LogP contribution < -0.4 is 0 Å². The third kappa shape index (κ3) is 2.33. The van der Waals surface area contributed by atoms with Gasteiger partial charge in [0.05, 0.1) is 22.0 Å². The van der Waals surface area contributed by atoms with Gasteiger partial charge in [0, 0.05) is 18.8 Å². The molecule has 6 heteroatoms. The Kier molecular flexibility index (Phi) is 3.30. The minimum Gasteiger partial charge on any atom is -0.377 e. The fourth-order valence-corrected chi connectivity index (χ4v) is 3.43. The van der Waals surface area contributed by atoms with Crippen molar-refractivity contribution in [3.8, 4) is 0 Å². The third-order valence-corrected chi connectivity index (χ3v) is 4.97. The number of hydrogen-bond acceptors (Lipinski definition) is 4. The largest absolute Gasteiger partial charge is 0.377 e. The second-order valence-corrected chi connectivity index (χ2v) is 7.30. The van der Waals surface area contributed by atoms with Crippen LogP contribution in [0.4, 0.5) is 0 Å². The minimum atomic E-state index is -3.19. The van der Waals surface area contributed by atoms with Crippen molar-refractivity contribution in [3.63, 3.8) is 0 Å². The van der Waals surface area contributed by atoms with Crippen LogP contribution >= 0.6 is 0 Å². The number of aromatic nitrogens is 2. The van der Waals surface area contributed by atoms with E-state index in [1.165, 1.54) is 6.26 Å². The van der Waals surface area contributed by atoms with Crippen LogP contribution in [-0.4, -0.2) is 37.4 Å². The van der Waals surface area contributed by atoms with Gasteiger partial charge in [-0.3, -0.25) is 0 Å². The van der Waals surface area contributed by atoms with E-state index in [9.17, 15) is 8.42 Å². The number of imidazole rings is 1. The molecule has 2 aromatic rings. The maximum Gasteiger partial charge on any atom is 0.175 e. The maximum atomic E-state index is 11.6. The van der Waals surface area contributed by atoms with E-state index in [0.29, 0.717) is 4.90 Å². The van der Waals surface area contributed by atoms with Crippen LogP contribution in [0.2, 0.25) is 0 Å². The molecular weight excluding hydrogens is 276 g/mol. The van der Waals surface area contributed by atoms with Gasteiger partial charge in [-0.2, -0.15) is 0 Å². The van der Waals surface area contributed by atoms with E-state index in [4.69, 9.17) is 4.74 Å². The zero-order chi connectivity index (χ0) is 14.3. The molecule has 2 atom stereocenters. The number of benzene rings is 1. The lowest BCUT2D eigenvalue weighted by Crippen LogP contribution is -2.14. The van der Waals surface area contributed by atoms with Gasteiger partial charge in [0.25, 0.3) is 0 Å². The molecule has 1 aliphatic heterocycles. The molecule has 0 spiro atoms. The highest BCUT2D eigenvalue weighted by atomic mass is 32.2. The van der Waals surface area contributed by atoms with Crippen LogP contribution in [0.1, 0.15) is 31.5 Å². The SMILES string of the molecule is CCC1OCCC1c1nc2ccc(S(C)(=O)=O)cc2[nH]1. The molecule has 0 radical (unpaired) electrons. The zero-order valence-corrected chi connectivity index (χ0v) is 12.4. The van der Waals surface area contributed by atoms with Gasteiger partial charge in [0.1, 0.15) is 5.82 Å². The van der Waals surface area contributed by atoms with Gasteiger partial charge in [-0.1, -0.05) is 6.92 Å². The van der Waals surface area contributed by atoms with Crippen molar-refractivity contribution in [1.82, 2.24) is 9.97 Å². The molecule has 3 rings (SSSR count). The number of H-pyrrole nitrogens is 1. The van der Waals surface area contributed by atoms with Gasteiger partial charge in [-0.25, -0.2) is 13.4 Å². The first-order valence-corrected chi connectivity index (χ1v) is 8.69. The Morgan fingerprint density at radius 3 is 2.95 bits per heavy atom. The summed E-state index contributed by atoms with van der Waals surface area (Å²) >= 11 is 0. The summed E-state index contributed by atoms with van der Waals surface area (Å²) in [5.74, 6) is 1.17. The molecule has 0 saturated carbocycles. The quantitative estimate of drug-likeness (QED) is 0.942. The van der Waals surface area contributed by atoms with Crippen molar-refractivity contribution in [2.24, 2.45) is 0 Å². The number of nitrogens with zero attached hydrogens (tertiary/aromatic N) is 1. The van der Waals surface area contributed by atoms with E-state index in [-0.39, 0.29) is 12.0 Å². The fraction of sp³-hybridized carbons (Fsp3) is 0.500. The summed E-state index contributed by atoms with van der Waals surface area (Å²) in [6.45, 7) is 2.86. The Morgan fingerprint density at radius 2 is 2.25 bits per heavy atom. The molecule has 1 aromatic heterocycles. The summed E-state index contributed by atoms with van der Waals surface area (Å²) in [6.07, 6.45) is 3.32. The standard InChI is InChI=1S/C14H18N2O3S/c1-3-13-10(6-7-19-13)14-15-11-5-4-9(20(2,17)18)8-12(11)16-14/h4-5,8,10,13H,3,6-7H2,1-2H3,(H,15,16). The van der Waals surface area contributed by atoms with E-state index in [1.54, 1.807) is 18.2 Å². The molecule has 0 amide bonds. The number of fused-ring (bicyclic) bond motifs is 1. The number of sulfone groups is 1. The fourth-order valence-electron chi connectivity index (χ4n) is 2.78. The number of aromatic amines is 1. The molecule has 0 bridgehead atoms. The summed E-state index contributed by atoms with van der Waals surface area (Å²) < 4.78 is 28.9. The topological polar surface area (TPSA) is 72.0 Å².